The van der Waals surface area contributed by atoms with Crippen molar-refractivity contribution in [3.8, 4) is 0 Å². The van der Waals surface area contributed by atoms with E-state index < -0.39 is 4.92 Å². The van der Waals surface area contributed by atoms with E-state index in [1.54, 1.807) is 31.5 Å². The third-order valence-electron chi connectivity index (χ3n) is 3.77. The smallest absolute Gasteiger partial charge is 0.274 e. The van der Waals surface area contributed by atoms with Crippen molar-refractivity contribution in [1.29, 1.82) is 0 Å². The van der Waals surface area contributed by atoms with Crippen LogP contribution >= 0.6 is 23.1 Å². The zero-order valence-corrected chi connectivity index (χ0v) is 15.5. The Balaban J connectivity index is 1.74. The van der Waals surface area contributed by atoms with Gasteiger partial charge in [-0.15, -0.1) is 11.3 Å². The summed E-state index contributed by atoms with van der Waals surface area (Å²) < 4.78 is 1.41. The number of amides is 1. The first kappa shape index (κ1) is 18.1. The standard InChI is InChI=1S/C16H14N4O4S2/c1-9-11(4-3-5-12(9)20(23)24)17-13(21)8-26-16-18-14-10(6-7-25-14)15(22)19(16)2/h3-7H,8H2,1-2H3,(H,17,21). The molecule has 26 heavy (non-hydrogen) atoms. The van der Waals surface area contributed by atoms with Crippen LogP contribution in [0.5, 0.6) is 0 Å². The highest BCUT2D eigenvalue weighted by Gasteiger charge is 2.16. The lowest BCUT2D eigenvalue weighted by Gasteiger charge is -2.09. The van der Waals surface area contributed by atoms with E-state index in [1.165, 1.54) is 28.0 Å². The van der Waals surface area contributed by atoms with Crippen molar-refractivity contribution in [3.05, 3.63) is 55.7 Å². The molecule has 0 unspecified atom stereocenters. The molecule has 0 aliphatic carbocycles. The van der Waals surface area contributed by atoms with Crippen LogP contribution in [0, 0.1) is 17.0 Å². The molecule has 1 aromatic carbocycles. The molecule has 3 rings (SSSR count). The summed E-state index contributed by atoms with van der Waals surface area (Å²) in [7, 11) is 1.61. The number of rotatable bonds is 5. The summed E-state index contributed by atoms with van der Waals surface area (Å²) >= 11 is 2.50. The zero-order chi connectivity index (χ0) is 18.8. The summed E-state index contributed by atoms with van der Waals surface area (Å²) in [5.41, 5.74) is 0.568. The highest BCUT2D eigenvalue weighted by Crippen LogP contribution is 2.26. The van der Waals surface area contributed by atoms with Crippen LogP contribution in [-0.2, 0) is 11.8 Å². The molecule has 0 fully saturated rings. The van der Waals surface area contributed by atoms with E-state index >= 15 is 0 Å². The van der Waals surface area contributed by atoms with Crippen LogP contribution in [0.3, 0.4) is 0 Å². The first-order chi connectivity index (χ1) is 12.4. The highest BCUT2D eigenvalue weighted by atomic mass is 32.2. The van der Waals surface area contributed by atoms with Crippen molar-refractivity contribution in [2.24, 2.45) is 7.05 Å². The molecule has 3 aromatic rings. The second-order valence-electron chi connectivity index (χ2n) is 5.44. The number of carbonyl (C=O) groups is 1. The van der Waals surface area contributed by atoms with Gasteiger partial charge in [0.05, 0.1) is 27.3 Å². The molecule has 8 nitrogen and oxygen atoms in total. The van der Waals surface area contributed by atoms with Crippen molar-refractivity contribution in [2.45, 2.75) is 12.1 Å². The van der Waals surface area contributed by atoms with Crippen LogP contribution in [-0.4, -0.2) is 26.1 Å². The Morgan fingerprint density at radius 1 is 1.42 bits per heavy atom. The monoisotopic (exact) mass is 390 g/mol. The van der Waals surface area contributed by atoms with Gasteiger partial charge in [0.25, 0.3) is 11.2 Å². The molecule has 1 amide bonds. The molecule has 0 bridgehead atoms. The first-order valence-corrected chi connectivity index (χ1v) is 9.36. The number of hydrogen-bond donors (Lipinski definition) is 1. The number of hydrogen-bond acceptors (Lipinski definition) is 7. The molecule has 0 radical (unpaired) electrons. The molecule has 0 saturated heterocycles. The quantitative estimate of drug-likeness (QED) is 0.311. The number of benzene rings is 1. The SMILES string of the molecule is Cc1c(NC(=O)CSc2nc3sccc3c(=O)n2C)cccc1[N+](=O)[O-]. The molecule has 134 valence electrons. The lowest BCUT2D eigenvalue weighted by atomic mass is 10.1. The second-order valence-corrected chi connectivity index (χ2v) is 7.28. The van der Waals surface area contributed by atoms with Crippen LogP contribution in [0.4, 0.5) is 11.4 Å². The fraction of sp³-hybridized carbons (Fsp3) is 0.188. The van der Waals surface area contributed by atoms with Gasteiger partial charge in [-0.2, -0.15) is 0 Å². The topological polar surface area (TPSA) is 107 Å². The van der Waals surface area contributed by atoms with Crippen molar-refractivity contribution in [2.75, 3.05) is 11.1 Å². The molecule has 0 aliphatic heterocycles. The number of carbonyl (C=O) groups excluding carboxylic acids is 1. The summed E-state index contributed by atoms with van der Waals surface area (Å²) in [6, 6.07) is 6.23. The van der Waals surface area contributed by atoms with Crippen molar-refractivity contribution in [3.63, 3.8) is 0 Å². The minimum absolute atomic E-state index is 0.0271. The van der Waals surface area contributed by atoms with Gasteiger partial charge in [0.15, 0.2) is 5.16 Å². The lowest BCUT2D eigenvalue weighted by molar-refractivity contribution is -0.385. The van der Waals surface area contributed by atoms with E-state index in [0.717, 1.165) is 11.8 Å². The third-order valence-corrected chi connectivity index (χ3v) is 5.61. The highest BCUT2D eigenvalue weighted by molar-refractivity contribution is 7.99. The zero-order valence-electron chi connectivity index (χ0n) is 13.9. The van der Waals surface area contributed by atoms with Gasteiger partial charge >= 0.3 is 0 Å². The van der Waals surface area contributed by atoms with Crippen molar-refractivity contribution in [1.82, 2.24) is 9.55 Å². The van der Waals surface area contributed by atoms with E-state index in [0.29, 0.717) is 26.6 Å². The molecule has 0 aliphatic rings. The van der Waals surface area contributed by atoms with Crippen molar-refractivity contribution < 1.29 is 9.72 Å². The number of aromatic nitrogens is 2. The Hall–Kier alpha value is -2.72. The number of nitro groups is 1. The Morgan fingerprint density at radius 3 is 2.92 bits per heavy atom. The van der Waals surface area contributed by atoms with Gasteiger partial charge < -0.3 is 5.32 Å². The van der Waals surface area contributed by atoms with E-state index in [2.05, 4.69) is 10.3 Å². The summed E-state index contributed by atoms with van der Waals surface area (Å²) in [6.45, 7) is 1.58. The van der Waals surface area contributed by atoms with Gasteiger partial charge in [0, 0.05) is 13.1 Å². The maximum atomic E-state index is 12.2. The Labute approximate surface area is 156 Å². The number of thiophene rings is 1. The Morgan fingerprint density at radius 2 is 2.19 bits per heavy atom. The summed E-state index contributed by atoms with van der Waals surface area (Å²) in [6.07, 6.45) is 0. The Bertz CT molecular complexity index is 1070. The molecular formula is C16H14N4O4S2. The number of fused-ring (bicyclic) bond motifs is 1. The number of nitrogens with one attached hydrogen (secondary N) is 1. The van der Waals surface area contributed by atoms with E-state index in [9.17, 15) is 19.7 Å². The van der Waals surface area contributed by atoms with Crippen LogP contribution < -0.4 is 10.9 Å². The predicted octanol–water partition coefficient (Wildman–Crippen LogP) is 2.94. The van der Waals surface area contributed by atoms with Gasteiger partial charge in [-0.3, -0.25) is 24.3 Å². The molecule has 10 heteroatoms. The molecule has 0 saturated carbocycles. The predicted molar refractivity (Wildman–Crippen MR) is 102 cm³/mol. The fourth-order valence-corrected chi connectivity index (χ4v) is 3.96. The molecule has 0 spiro atoms. The lowest BCUT2D eigenvalue weighted by Crippen LogP contribution is -2.21. The summed E-state index contributed by atoms with van der Waals surface area (Å²) in [5, 5.41) is 16.4. The normalized spacial score (nSPS) is 10.8. The molecular weight excluding hydrogens is 376 g/mol. The van der Waals surface area contributed by atoms with Gasteiger partial charge in [-0.05, 0) is 24.4 Å². The maximum absolute atomic E-state index is 12.2. The van der Waals surface area contributed by atoms with Crippen LogP contribution in [0.2, 0.25) is 0 Å². The number of thioether (sulfide) groups is 1. The van der Waals surface area contributed by atoms with E-state index in [4.69, 9.17) is 0 Å². The van der Waals surface area contributed by atoms with Crippen molar-refractivity contribution >= 4 is 50.6 Å². The minimum Gasteiger partial charge on any atom is -0.325 e. The molecule has 0 atom stereocenters. The fourth-order valence-electron chi connectivity index (χ4n) is 2.38. The number of nitrogens with zero attached hydrogens (tertiary/aromatic N) is 3. The summed E-state index contributed by atoms with van der Waals surface area (Å²) in [4.78, 5) is 40.0. The van der Waals surface area contributed by atoms with Crippen LogP contribution in [0.25, 0.3) is 10.2 Å². The number of anilines is 1. The second kappa shape index (κ2) is 7.26. The summed E-state index contributed by atoms with van der Waals surface area (Å²) in [5.74, 6) is -0.307. The third kappa shape index (κ3) is 3.46. The molecule has 2 heterocycles. The van der Waals surface area contributed by atoms with Gasteiger partial charge in [0.1, 0.15) is 4.83 Å². The first-order valence-electron chi connectivity index (χ1n) is 7.49. The largest absolute Gasteiger partial charge is 0.325 e. The van der Waals surface area contributed by atoms with E-state index in [-0.39, 0.29) is 22.9 Å². The molecule has 2 aromatic heterocycles. The maximum Gasteiger partial charge on any atom is 0.274 e. The van der Waals surface area contributed by atoms with Crippen LogP contribution in [0.15, 0.2) is 39.6 Å². The number of nitro benzene ring substituents is 1. The van der Waals surface area contributed by atoms with Gasteiger partial charge in [-0.25, -0.2) is 4.98 Å². The van der Waals surface area contributed by atoms with Gasteiger partial charge in [-0.1, -0.05) is 17.8 Å². The average molecular weight is 390 g/mol. The molecule has 1 N–H and O–H groups in total. The average Bonchev–Trinajstić information content (AvgIpc) is 3.07. The Kier molecular flexibility index (Phi) is 5.05. The minimum atomic E-state index is -0.490. The van der Waals surface area contributed by atoms with Gasteiger partial charge in [0.2, 0.25) is 5.91 Å². The van der Waals surface area contributed by atoms with Crippen LogP contribution in [0.1, 0.15) is 5.56 Å². The van der Waals surface area contributed by atoms with E-state index in [1.807, 2.05) is 0 Å².